The molecule has 8 heteroatoms. The lowest BCUT2D eigenvalue weighted by Gasteiger charge is -2.24. The number of ketones is 1. The van der Waals surface area contributed by atoms with E-state index in [1.54, 1.807) is 0 Å². The minimum absolute atomic E-state index is 0.141. The molecular weight excluding hydrogens is 362 g/mol. The Bertz CT molecular complexity index is 739. The average molecular weight is 376 g/mol. The molecule has 1 amide bonds. The Labute approximate surface area is 130 Å². The molecule has 0 saturated heterocycles. The minimum Gasteiger partial charge on any atom is -0.482 e. The number of carbonyl (C=O) groups is 2. The third-order valence-electron chi connectivity index (χ3n) is 3.42. The van der Waals surface area contributed by atoms with Gasteiger partial charge in [-0.1, -0.05) is 0 Å². The number of anilines is 1. The van der Waals surface area contributed by atoms with Gasteiger partial charge >= 0.3 is 0 Å². The lowest BCUT2D eigenvalue weighted by molar-refractivity contribution is -0.118. The van der Waals surface area contributed by atoms with Crippen molar-refractivity contribution < 1.29 is 22.7 Å². The number of Topliss-reactive ketones (excluding diaryl/α,β-unsaturated/α-hetero) is 1. The fourth-order valence-corrected chi connectivity index (χ4v) is 2.74. The van der Waals surface area contributed by atoms with Crippen LogP contribution in [0.5, 0.6) is 5.75 Å². The van der Waals surface area contributed by atoms with Crippen molar-refractivity contribution in [3.63, 3.8) is 0 Å². The standard InChI is InChI=1S/C13H14BrNO5S/c1-13(2,21(3,18)19)12(17)7-4-10-9(5-8(7)14)15-11(16)6-20-10/h4-5H,6H2,1-3H3,(H,15,16). The Balaban J connectivity index is 2.51. The smallest absolute Gasteiger partial charge is 0.262 e. The molecule has 1 heterocycles. The van der Waals surface area contributed by atoms with E-state index in [0.29, 0.717) is 15.9 Å². The monoisotopic (exact) mass is 375 g/mol. The summed E-state index contributed by atoms with van der Waals surface area (Å²) < 4.78 is 27.7. The maximum atomic E-state index is 12.5. The Hall–Kier alpha value is -1.41. The summed E-state index contributed by atoms with van der Waals surface area (Å²) in [6, 6.07) is 2.96. The molecule has 1 aromatic rings. The van der Waals surface area contributed by atoms with E-state index >= 15 is 0 Å². The van der Waals surface area contributed by atoms with Crippen molar-refractivity contribution in [3.05, 3.63) is 22.2 Å². The van der Waals surface area contributed by atoms with Gasteiger partial charge in [-0.05, 0) is 41.9 Å². The van der Waals surface area contributed by atoms with Gasteiger partial charge in [-0.25, -0.2) is 8.42 Å². The molecule has 114 valence electrons. The Morgan fingerprint density at radius 3 is 2.57 bits per heavy atom. The van der Waals surface area contributed by atoms with Gasteiger partial charge in [0.05, 0.1) is 5.69 Å². The lowest BCUT2D eigenvalue weighted by atomic mass is 9.99. The van der Waals surface area contributed by atoms with Crippen LogP contribution in [0.15, 0.2) is 16.6 Å². The first-order valence-electron chi connectivity index (χ1n) is 6.04. The maximum absolute atomic E-state index is 12.5. The van der Waals surface area contributed by atoms with Gasteiger partial charge < -0.3 is 10.1 Å². The van der Waals surface area contributed by atoms with Crippen molar-refractivity contribution in [3.8, 4) is 5.75 Å². The number of fused-ring (bicyclic) bond motifs is 1. The highest BCUT2D eigenvalue weighted by atomic mass is 79.9. The summed E-state index contributed by atoms with van der Waals surface area (Å²) in [6.45, 7) is 2.58. The van der Waals surface area contributed by atoms with Crippen LogP contribution < -0.4 is 10.1 Å². The van der Waals surface area contributed by atoms with Gasteiger partial charge in [0.25, 0.3) is 5.91 Å². The summed E-state index contributed by atoms with van der Waals surface area (Å²) >= 11 is 3.23. The van der Waals surface area contributed by atoms with Crippen molar-refractivity contribution in [1.82, 2.24) is 0 Å². The van der Waals surface area contributed by atoms with E-state index in [9.17, 15) is 18.0 Å². The van der Waals surface area contributed by atoms with Crippen LogP contribution in [0.4, 0.5) is 5.69 Å². The topological polar surface area (TPSA) is 89.5 Å². The van der Waals surface area contributed by atoms with Gasteiger partial charge in [-0.15, -0.1) is 0 Å². The first-order valence-corrected chi connectivity index (χ1v) is 8.73. The SMILES string of the molecule is CC(C)(C(=O)c1cc2c(cc1Br)NC(=O)CO2)S(C)(=O)=O. The van der Waals surface area contributed by atoms with Crippen LogP contribution in [0, 0.1) is 0 Å². The van der Waals surface area contributed by atoms with Gasteiger partial charge in [0.15, 0.2) is 22.2 Å². The number of nitrogens with one attached hydrogen (secondary N) is 1. The van der Waals surface area contributed by atoms with Crippen molar-refractivity contribution in [2.24, 2.45) is 0 Å². The second-order valence-electron chi connectivity index (χ2n) is 5.28. The first-order chi connectivity index (χ1) is 9.54. The summed E-state index contributed by atoms with van der Waals surface area (Å²) in [6.07, 6.45) is 1.02. The van der Waals surface area contributed by atoms with Crippen LogP contribution in [0.1, 0.15) is 24.2 Å². The fourth-order valence-electron chi connectivity index (χ4n) is 1.77. The Morgan fingerprint density at radius 1 is 1.38 bits per heavy atom. The van der Waals surface area contributed by atoms with E-state index < -0.39 is 20.4 Å². The van der Waals surface area contributed by atoms with Gasteiger partial charge in [0.2, 0.25) is 0 Å². The number of amides is 1. The van der Waals surface area contributed by atoms with Crippen LogP contribution in [-0.2, 0) is 14.6 Å². The summed E-state index contributed by atoms with van der Waals surface area (Å²) in [7, 11) is -3.58. The molecule has 1 aromatic carbocycles. The van der Waals surface area contributed by atoms with Crippen molar-refractivity contribution in [2.75, 3.05) is 18.2 Å². The number of hydrogen-bond donors (Lipinski definition) is 1. The van der Waals surface area contributed by atoms with Gasteiger partial charge in [0.1, 0.15) is 10.5 Å². The number of benzene rings is 1. The Morgan fingerprint density at radius 2 is 2.00 bits per heavy atom. The van der Waals surface area contributed by atoms with Crippen molar-refractivity contribution >= 4 is 43.1 Å². The fraction of sp³-hybridized carbons (Fsp3) is 0.385. The summed E-state index contributed by atoms with van der Waals surface area (Å²) in [5.41, 5.74) is 0.632. The van der Waals surface area contributed by atoms with E-state index in [4.69, 9.17) is 4.74 Å². The van der Waals surface area contributed by atoms with E-state index in [1.165, 1.54) is 26.0 Å². The average Bonchev–Trinajstić information content (AvgIpc) is 2.35. The zero-order valence-electron chi connectivity index (χ0n) is 11.7. The lowest BCUT2D eigenvalue weighted by Crippen LogP contribution is -2.40. The molecule has 2 rings (SSSR count). The second kappa shape index (κ2) is 5.10. The highest BCUT2D eigenvalue weighted by Gasteiger charge is 2.40. The van der Waals surface area contributed by atoms with Crippen molar-refractivity contribution in [1.29, 1.82) is 0 Å². The van der Waals surface area contributed by atoms with E-state index in [1.807, 2.05) is 0 Å². The quantitative estimate of drug-likeness (QED) is 0.813. The molecule has 0 bridgehead atoms. The Kier molecular flexibility index (Phi) is 3.88. The van der Waals surface area contributed by atoms with Gasteiger partial charge in [-0.3, -0.25) is 9.59 Å². The van der Waals surface area contributed by atoms with Crippen LogP contribution in [0.25, 0.3) is 0 Å². The molecule has 1 aliphatic heterocycles. The molecule has 0 saturated carbocycles. The molecule has 21 heavy (non-hydrogen) atoms. The highest BCUT2D eigenvalue weighted by Crippen LogP contribution is 2.36. The molecule has 1 N–H and O–H groups in total. The molecule has 1 aliphatic rings. The first kappa shape index (κ1) is 16.0. The minimum atomic E-state index is -3.58. The zero-order chi connectivity index (χ0) is 16.0. The summed E-state index contributed by atoms with van der Waals surface area (Å²) in [5, 5.41) is 2.61. The summed E-state index contributed by atoms with van der Waals surface area (Å²) in [4.78, 5) is 23.8. The van der Waals surface area contributed by atoms with E-state index in [-0.39, 0.29) is 18.1 Å². The molecule has 0 aromatic heterocycles. The highest BCUT2D eigenvalue weighted by molar-refractivity contribution is 9.10. The number of sulfone groups is 1. The molecule has 0 fully saturated rings. The third-order valence-corrected chi connectivity index (χ3v) is 6.12. The number of hydrogen-bond acceptors (Lipinski definition) is 5. The third kappa shape index (κ3) is 2.82. The van der Waals surface area contributed by atoms with Crippen molar-refractivity contribution in [2.45, 2.75) is 18.6 Å². The van der Waals surface area contributed by atoms with E-state index in [0.717, 1.165) is 6.26 Å². The number of carbonyl (C=O) groups excluding carboxylic acids is 2. The van der Waals surface area contributed by atoms with Gasteiger partial charge in [0, 0.05) is 16.3 Å². The molecule has 0 unspecified atom stereocenters. The molecule has 0 atom stereocenters. The molecule has 6 nitrogen and oxygen atoms in total. The number of ether oxygens (including phenoxy) is 1. The number of halogens is 1. The van der Waals surface area contributed by atoms with Gasteiger partial charge in [-0.2, -0.15) is 0 Å². The number of rotatable bonds is 3. The largest absolute Gasteiger partial charge is 0.482 e. The zero-order valence-corrected chi connectivity index (χ0v) is 14.1. The van der Waals surface area contributed by atoms with E-state index in [2.05, 4.69) is 21.2 Å². The molecule has 0 aliphatic carbocycles. The molecular formula is C13H14BrNO5S. The van der Waals surface area contributed by atoms with Crippen LogP contribution in [0.3, 0.4) is 0 Å². The molecule has 0 radical (unpaired) electrons. The van der Waals surface area contributed by atoms with Crippen LogP contribution in [0.2, 0.25) is 0 Å². The predicted molar refractivity (Wildman–Crippen MR) is 81.5 cm³/mol. The normalized spacial score (nSPS) is 15.0. The van der Waals surface area contributed by atoms with Crippen LogP contribution >= 0.6 is 15.9 Å². The predicted octanol–water partition coefficient (Wildman–Crippen LogP) is 1.79. The maximum Gasteiger partial charge on any atom is 0.262 e. The summed E-state index contributed by atoms with van der Waals surface area (Å²) in [5.74, 6) is -0.490. The van der Waals surface area contributed by atoms with Crippen LogP contribution in [-0.4, -0.2) is 37.7 Å². The molecule has 0 spiro atoms. The second-order valence-corrected chi connectivity index (χ2v) is 8.70.